The molecule has 0 aliphatic heterocycles. The van der Waals surface area contributed by atoms with Gasteiger partial charge in [0, 0.05) is 5.56 Å². The van der Waals surface area contributed by atoms with Crippen LogP contribution in [0.4, 0.5) is 4.39 Å². The Morgan fingerprint density at radius 3 is 2.24 bits per heavy atom. The zero-order valence-electron chi connectivity index (χ0n) is 16.6. The van der Waals surface area contributed by atoms with E-state index < -0.39 is 44.5 Å². The molecule has 2 aromatic carbocycles. The molecule has 0 heterocycles. The lowest BCUT2D eigenvalue weighted by atomic mass is 10.1. The fraction of sp³-hybridized carbons (Fsp3) is 0.300. The monoisotopic (exact) mass is 421 g/mol. The molecule has 2 amide bonds. The summed E-state index contributed by atoms with van der Waals surface area (Å²) in [4.78, 5) is 24.3. The first-order chi connectivity index (χ1) is 13.5. The van der Waals surface area contributed by atoms with Crippen LogP contribution in [0.3, 0.4) is 0 Å². The van der Waals surface area contributed by atoms with Gasteiger partial charge in [-0.2, -0.15) is 4.72 Å². The summed E-state index contributed by atoms with van der Waals surface area (Å²) in [5.74, 6) is -2.69. The second-order valence-corrected chi connectivity index (χ2v) is 8.72. The summed E-state index contributed by atoms with van der Waals surface area (Å²) in [6.07, 6.45) is 0. The van der Waals surface area contributed by atoms with Crippen LogP contribution in [0.1, 0.15) is 35.3 Å². The van der Waals surface area contributed by atoms with Gasteiger partial charge in [-0.25, -0.2) is 12.8 Å². The fourth-order valence-electron chi connectivity index (χ4n) is 2.72. The molecule has 2 aromatic rings. The second kappa shape index (κ2) is 9.15. The number of halogens is 1. The minimum atomic E-state index is -4.28. The van der Waals surface area contributed by atoms with Gasteiger partial charge < -0.3 is 0 Å². The lowest BCUT2D eigenvalue weighted by molar-refractivity contribution is -0.124. The molecule has 0 saturated heterocycles. The number of hydrogen-bond acceptors (Lipinski definition) is 4. The molecule has 0 unspecified atom stereocenters. The van der Waals surface area contributed by atoms with E-state index in [2.05, 4.69) is 15.6 Å². The molecule has 0 aliphatic carbocycles. The van der Waals surface area contributed by atoms with Gasteiger partial charge in [-0.3, -0.25) is 20.4 Å². The van der Waals surface area contributed by atoms with Crippen LogP contribution in [0, 0.1) is 25.6 Å². The zero-order chi connectivity index (χ0) is 21.8. The van der Waals surface area contributed by atoms with Gasteiger partial charge in [0.15, 0.2) is 0 Å². The third kappa shape index (κ3) is 5.61. The fourth-order valence-corrected chi connectivity index (χ4v) is 4.14. The standard InChI is InChI=1S/C20H24FN3O4S/c1-12(2)18(24-29(27,28)17-8-6-5-7-16(17)21)20(26)23-22-19(25)15-10-9-13(3)11-14(15)4/h5-12,18,24H,1-4H3,(H,22,25)(H,23,26)/t18-/m0/s1. The maximum Gasteiger partial charge on any atom is 0.269 e. The number of nitrogens with one attached hydrogen (secondary N) is 3. The smallest absolute Gasteiger partial charge is 0.269 e. The van der Waals surface area contributed by atoms with Gasteiger partial charge in [-0.15, -0.1) is 0 Å². The summed E-state index contributed by atoms with van der Waals surface area (Å²) < 4.78 is 41.0. The number of aryl methyl sites for hydroxylation is 2. The summed E-state index contributed by atoms with van der Waals surface area (Å²) in [6.45, 7) is 6.91. The van der Waals surface area contributed by atoms with Gasteiger partial charge in [0.2, 0.25) is 10.0 Å². The molecule has 7 nitrogen and oxygen atoms in total. The molecule has 156 valence electrons. The third-order valence-corrected chi connectivity index (χ3v) is 5.76. The summed E-state index contributed by atoms with van der Waals surface area (Å²) in [5.41, 5.74) is 6.62. The number of hydrazine groups is 1. The van der Waals surface area contributed by atoms with E-state index in [0.717, 1.165) is 23.3 Å². The number of carbonyl (C=O) groups is 2. The van der Waals surface area contributed by atoms with Crippen molar-refractivity contribution in [3.8, 4) is 0 Å². The van der Waals surface area contributed by atoms with Crippen molar-refractivity contribution in [1.82, 2.24) is 15.6 Å². The minimum absolute atomic E-state index is 0.379. The van der Waals surface area contributed by atoms with E-state index in [-0.39, 0.29) is 0 Å². The Kier molecular flexibility index (Phi) is 7.10. The Balaban J connectivity index is 2.11. The highest BCUT2D eigenvalue weighted by atomic mass is 32.2. The molecule has 9 heteroatoms. The van der Waals surface area contributed by atoms with Crippen LogP contribution in [0.25, 0.3) is 0 Å². The maximum atomic E-state index is 13.9. The number of amides is 2. The normalized spacial score (nSPS) is 12.5. The van der Waals surface area contributed by atoms with E-state index in [1.165, 1.54) is 12.1 Å². The largest absolute Gasteiger partial charge is 0.271 e. The Hall–Kier alpha value is -2.78. The molecule has 2 rings (SSSR count). The van der Waals surface area contributed by atoms with E-state index in [1.54, 1.807) is 32.9 Å². The van der Waals surface area contributed by atoms with Crippen LogP contribution in [-0.4, -0.2) is 26.3 Å². The van der Waals surface area contributed by atoms with Crippen molar-refractivity contribution in [2.45, 2.75) is 38.6 Å². The number of rotatable bonds is 6. The summed E-state index contributed by atoms with van der Waals surface area (Å²) in [5, 5.41) is 0. The van der Waals surface area contributed by atoms with Crippen LogP contribution in [0.2, 0.25) is 0 Å². The molecule has 3 N–H and O–H groups in total. The predicted molar refractivity (Wildman–Crippen MR) is 107 cm³/mol. The molecular weight excluding hydrogens is 397 g/mol. The molecule has 0 fully saturated rings. The van der Waals surface area contributed by atoms with Crippen LogP contribution in [0.5, 0.6) is 0 Å². The highest BCUT2D eigenvalue weighted by molar-refractivity contribution is 7.89. The number of benzene rings is 2. The molecule has 0 aromatic heterocycles. The SMILES string of the molecule is Cc1ccc(C(=O)NNC(=O)[C@@H](NS(=O)(=O)c2ccccc2F)C(C)C)c(C)c1. The number of sulfonamides is 1. The lowest BCUT2D eigenvalue weighted by Gasteiger charge is -2.22. The van der Waals surface area contributed by atoms with Gasteiger partial charge in [0.1, 0.15) is 16.8 Å². The molecule has 0 aliphatic rings. The predicted octanol–water partition coefficient (Wildman–Crippen LogP) is 2.21. The van der Waals surface area contributed by atoms with Crippen molar-refractivity contribution in [3.63, 3.8) is 0 Å². The van der Waals surface area contributed by atoms with Crippen molar-refractivity contribution >= 4 is 21.8 Å². The first-order valence-electron chi connectivity index (χ1n) is 8.97. The van der Waals surface area contributed by atoms with Crippen LogP contribution in [0.15, 0.2) is 47.4 Å². The van der Waals surface area contributed by atoms with E-state index in [4.69, 9.17) is 0 Å². The van der Waals surface area contributed by atoms with Crippen molar-refractivity contribution in [2.75, 3.05) is 0 Å². The minimum Gasteiger partial charge on any atom is -0.271 e. The van der Waals surface area contributed by atoms with Crippen LogP contribution < -0.4 is 15.6 Å². The highest BCUT2D eigenvalue weighted by Crippen LogP contribution is 2.15. The van der Waals surface area contributed by atoms with E-state index in [1.807, 2.05) is 13.0 Å². The molecule has 29 heavy (non-hydrogen) atoms. The van der Waals surface area contributed by atoms with Crippen molar-refractivity contribution < 1.29 is 22.4 Å². The molecule has 0 bridgehead atoms. The Morgan fingerprint density at radius 1 is 1.00 bits per heavy atom. The van der Waals surface area contributed by atoms with Gasteiger partial charge in [-0.05, 0) is 43.5 Å². The maximum absolute atomic E-state index is 13.9. The van der Waals surface area contributed by atoms with E-state index in [0.29, 0.717) is 5.56 Å². The first-order valence-corrected chi connectivity index (χ1v) is 10.5. The number of carbonyl (C=O) groups excluding carboxylic acids is 2. The lowest BCUT2D eigenvalue weighted by Crippen LogP contribution is -2.54. The molecule has 1 atom stereocenters. The van der Waals surface area contributed by atoms with Gasteiger partial charge in [-0.1, -0.05) is 43.7 Å². The van der Waals surface area contributed by atoms with Gasteiger partial charge in [0.05, 0.1) is 0 Å². The van der Waals surface area contributed by atoms with Crippen molar-refractivity contribution in [3.05, 3.63) is 65.0 Å². The number of hydrogen-bond donors (Lipinski definition) is 3. The quantitative estimate of drug-likeness (QED) is 0.622. The molecule has 0 spiro atoms. The van der Waals surface area contributed by atoms with E-state index in [9.17, 15) is 22.4 Å². The molecule has 0 radical (unpaired) electrons. The van der Waals surface area contributed by atoms with Crippen molar-refractivity contribution in [1.29, 1.82) is 0 Å². The highest BCUT2D eigenvalue weighted by Gasteiger charge is 2.30. The van der Waals surface area contributed by atoms with E-state index >= 15 is 0 Å². The average molecular weight is 421 g/mol. The average Bonchev–Trinajstić information content (AvgIpc) is 2.64. The summed E-state index contributed by atoms with van der Waals surface area (Å²) >= 11 is 0. The van der Waals surface area contributed by atoms with Gasteiger partial charge >= 0.3 is 0 Å². The first kappa shape index (κ1) is 22.5. The second-order valence-electron chi connectivity index (χ2n) is 7.04. The summed E-state index contributed by atoms with van der Waals surface area (Å²) in [6, 6.07) is 8.87. The van der Waals surface area contributed by atoms with Gasteiger partial charge in [0.25, 0.3) is 11.8 Å². The Labute approximate surface area is 169 Å². The molecular formula is C20H24FN3O4S. The Morgan fingerprint density at radius 2 is 1.66 bits per heavy atom. The van der Waals surface area contributed by atoms with Crippen LogP contribution >= 0.6 is 0 Å². The Bertz CT molecular complexity index is 1020. The van der Waals surface area contributed by atoms with Crippen LogP contribution in [-0.2, 0) is 14.8 Å². The van der Waals surface area contributed by atoms with Crippen molar-refractivity contribution in [2.24, 2.45) is 5.92 Å². The third-order valence-electron chi connectivity index (χ3n) is 4.28. The zero-order valence-corrected chi connectivity index (χ0v) is 17.4. The molecule has 0 saturated carbocycles. The topological polar surface area (TPSA) is 104 Å². The summed E-state index contributed by atoms with van der Waals surface area (Å²) in [7, 11) is -4.28.